The monoisotopic (exact) mass is 116 g/mol. The first-order valence-corrected chi connectivity index (χ1v) is 3.00. The SMILES string of the molecule is O=C1CCC(S)C1. The summed E-state index contributed by atoms with van der Waals surface area (Å²) in [5, 5.41) is 0.368. The predicted molar refractivity (Wildman–Crippen MR) is 31.6 cm³/mol. The molecule has 1 aliphatic carbocycles. The molecule has 0 aliphatic heterocycles. The van der Waals surface area contributed by atoms with Crippen LogP contribution < -0.4 is 0 Å². The van der Waals surface area contributed by atoms with Gasteiger partial charge in [0.05, 0.1) is 0 Å². The molecule has 7 heavy (non-hydrogen) atoms. The Bertz CT molecular complexity index is 90.1. The molecule has 1 saturated carbocycles. The third-order valence-electron chi connectivity index (χ3n) is 1.22. The maximum Gasteiger partial charge on any atom is 0.134 e. The van der Waals surface area contributed by atoms with Gasteiger partial charge in [0.2, 0.25) is 0 Å². The lowest BCUT2D eigenvalue weighted by Crippen LogP contribution is -1.89. The van der Waals surface area contributed by atoms with E-state index >= 15 is 0 Å². The van der Waals surface area contributed by atoms with Gasteiger partial charge in [-0.25, -0.2) is 0 Å². The molecule has 1 unspecified atom stereocenters. The molecule has 1 aliphatic rings. The van der Waals surface area contributed by atoms with Crippen molar-refractivity contribution in [3.05, 3.63) is 0 Å². The van der Waals surface area contributed by atoms with Crippen molar-refractivity contribution in [3.63, 3.8) is 0 Å². The molecule has 0 aromatic carbocycles. The number of rotatable bonds is 0. The molecule has 0 aromatic rings. The zero-order chi connectivity index (χ0) is 5.28. The van der Waals surface area contributed by atoms with Gasteiger partial charge in [0, 0.05) is 18.1 Å². The van der Waals surface area contributed by atoms with Gasteiger partial charge in [-0.05, 0) is 6.42 Å². The predicted octanol–water partition coefficient (Wildman–Crippen LogP) is 1.04. The quantitative estimate of drug-likeness (QED) is 0.468. The van der Waals surface area contributed by atoms with Crippen molar-refractivity contribution >= 4 is 18.4 Å². The molecule has 0 amide bonds. The summed E-state index contributed by atoms with van der Waals surface area (Å²) in [7, 11) is 0. The van der Waals surface area contributed by atoms with Gasteiger partial charge in [0.1, 0.15) is 5.78 Å². The number of thiol groups is 1. The van der Waals surface area contributed by atoms with Crippen LogP contribution in [0.3, 0.4) is 0 Å². The number of carbonyl (C=O) groups excluding carboxylic acids is 1. The molecule has 1 rings (SSSR count). The van der Waals surface area contributed by atoms with Gasteiger partial charge in [0.15, 0.2) is 0 Å². The van der Waals surface area contributed by atoms with Crippen molar-refractivity contribution in [1.29, 1.82) is 0 Å². The van der Waals surface area contributed by atoms with Crippen molar-refractivity contribution < 1.29 is 4.79 Å². The largest absolute Gasteiger partial charge is 0.300 e. The van der Waals surface area contributed by atoms with E-state index < -0.39 is 0 Å². The first kappa shape index (κ1) is 5.16. The van der Waals surface area contributed by atoms with Crippen LogP contribution >= 0.6 is 12.6 Å². The lowest BCUT2D eigenvalue weighted by Gasteiger charge is -1.89. The average molecular weight is 116 g/mol. The summed E-state index contributed by atoms with van der Waals surface area (Å²) in [4.78, 5) is 10.4. The molecule has 1 nitrogen and oxygen atoms in total. The Kier molecular flexibility index (Phi) is 1.38. The highest BCUT2D eigenvalue weighted by atomic mass is 32.1. The van der Waals surface area contributed by atoms with Gasteiger partial charge in [0.25, 0.3) is 0 Å². The Hall–Kier alpha value is 0.0200. The zero-order valence-corrected chi connectivity index (χ0v) is 4.95. The summed E-state index contributed by atoms with van der Waals surface area (Å²) in [5.41, 5.74) is 0. The summed E-state index contributed by atoms with van der Waals surface area (Å²) in [5.74, 6) is 0.375. The normalized spacial score (nSPS) is 31.6. The molecule has 40 valence electrons. The van der Waals surface area contributed by atoms with E-state index in [2.05, 4.69) is 12.6 Å². The van der Waals surface area contributed by atoms with E-state index in [0.717, 1.165) is 12.8 Å². The van der Waals surface area contributed by atoms with Gasteiger partial charge in [-0.15, -0.1) is 0 Å². The van der Waals surface area contributed by atoms with Crippen LogP contribution in [-0.2, 0) is 4.79 Å². The topological polar surface area (TPSA) is 17.1 Å². The van der Waals surface area contributed by atoms with E-state index in [4.69, 9.17) is 0 Å². The number of hydrogen-bond acceptors (Lipinski definition) is 2. The Balaban J connectivity index is 2.40. The first-order chi connectivity index (χ1) is 3.29. The minimum atomic E-state index is 0.368. The smallest absolute Gasteiger partial charge is 0.134 e. The van der Waals surface area contributed by atoms with E-state index in [1.54, 1.807) is 0 Å². The number of Topliss-reactive ketones (excluding diaryl/α,β-unsaturated/α-hetero) is 1. The van der Waals surface area contributed by atoms with Crippen molar-refractivity contribution in [3.8, 4) is 0 Å². The second kappa shape index (κ2) is 1.86. The van der Waals surface area contributed by atoms with Crippen LogP contribution in [0, 0.1) is 0 Å². The lowest BCUT2D eigenvalue weighted by atomic mass is 10.4. The molecule has 0 heterocycles. The highest BCUT2D eigenvalue weighted by Gasteiger charge is 2.17. The van der Waals surface area contributed by atoms with Crippen molar-refractivity contribution in [2.24, 2.45) is 0 Å². The van der Waals surface area contributed by atoms with E-state index in [0.29, 0.717) is 17.5 Å². The molecule has 0 spiro atoms. The van der Waals surface area contributed by atoms with E-state index in [-0.39, 0.29) is 0 Å². The van der Waals surface area contributed by atoms with Gasteiger partial charge < -0.3 is 0 Å². The molecule has 0 saturated heterocycles. The van der Waals surface area contributed by atoms with E-state index in [9.17, 15) is 4.79 Å². The average Bonchev–Trinajstić information content (AvgIpc) is 1.87. The standard InChI is InChI=1S/C5H8OS/c6-4-1-2-5(7)3-4/h5,7H,1-3H2. The fourth-order valence-electron chi connectivity index (χ4n) is 0.795. The molecule has 0 radical (unpaired) electrons. The summed E-state index contributed by atoms with van der Waals surface area (Å²) in [6.45, 7) is 0. The van der Waals surface area contributed by atoms with Crippen LogP contribution in [0.5, 0.6) is 0 Å². The fraction of sp³-hybridized carbons (Fsp3) is 0.800. The molecular weight excluding hydrogens is 108 g/mol. The fourth-order valence-corrected chi connectivity index (χ4v) is 1.13. The number of ketones is 1. The van der Waals surface area contributed by atoms with Gasteiger partial charge >= 0.3 is 0 Å². The minimum Gasteiger partial charge on any atom is -0.300 e. The van der Waals surface area contributed by atoms with Crippen LogP contribution in [-0.4, -0.2) is 11.0 Å². The molecule has 0 bridgehead atoms. The van der Waals surface area contributed by atoms with E-state index in [1.807, 2.05) is 0 Å². The van der Waals surface area contributed by atoms with Crippen LogP contribution in [0.15, 0.2) is 0 Å². The Morgan fingerprint density at radius 2 is 2.43 bits per heavy atom. The second-order valence-corrected chi connectivity index (χ2v) is 2.67. The number of carbonyl (C=O) groups is 1. The molecule has 2 heteroatoms. The van der Waals surface area contributed by atoms with Gasteiger partial charge in [-0.2, -0.15) is 12.6 Å². The van der Waals surface area contributed by atoms with Crippen molar-refractivity contribution in [1.82, 2.24) is 0 Å². The molecule has 1 atom stereocenters. The van der Waals surface area contributed by atoms with Crippen LogP contribution in [0.1, 0.15) is 19.3 Å². The Morgan fingerprint density at radius 1 is 1.71 bits per heavy atom. The second-order valence-electron chi connectivity index (χ2n) is 1.94. The summed E-state index contributed by atoms with van der Waals surface area (Å²) >= 11 is 4.13. The van der Waals surface area contributed by atoms with Crippen LogP contribution in [0.2, 0.25) is 0 Å². The van der Waals surface area contributed by atoms with Crippen molar-refractivity contribution in [2.75, 3.05) is 0 Å². The van der Waals surface area contributed by atoms with Crippen LogP contribution in [0.4, 0.5) is 0 Å². The highest BCUT2D eigenvalue weighted by Crippen LogP contribution is 2.18. The van der Waals surface area contributed by atoms with E-state index in [1.165, 1.54) is 0 Å². The van der Waals surface area contributed by atoms with Gasteiger partial charge in [-0.3, -0.25) is 4.79 Å². The third-order valence-corrected chi connectivity index (χ3v) is 1.66. The Labute approximate surface area is 48.5 Å². The zero-order valence-electron chi connectivity index (χ0n) is 4.05. The molecule has 0 aromatic heterocycles. The molecule has 1 fully saturated rings. The Morgan fingerprint density at radius 3 is 2.57 bits per heavy atom. The summed E-state index contributed by atoms with van der Waals surface area (Å²) < 4.78 is 0. The highest BCUT2D eigenvalue weighted by molar-refractivity contribution is 7.81. The number of hydrogen-bond donors (Lipinski definition) is 1. The van der Waals surface area contributed by atoms with Gasteiger partial charge in [-0.1, -0.05) is 0 Å². The lowest BCUT2D eigenvalue weighted by molar-refractivity contribution is -0.117. The first-order valence-electron chi connectivity index (χ1n) is 2.49. The van der Waals surface area contributed by atoms with Crippen LogP contribution in [0.25, 0.3) is 0 Å². The minimum absolute atomic E-state index is 0.368. The summed E-state index contributed by atoms with van der Waals surface area (Å²) in [6, 6.07) is 0. The maximum atomic E-state index is 10.4. The molecular formula is C5H8OS. The van der Waals surface area contributed by atoms with Crippen molar-refractivity contribution in [2.45, 2.75) is 24.5 Å². The summed E-state index contributed by atoms with van der Waals surface area (Å²) in [6.07, 6.45) is 2.44. The molecule has 0 N–H and O–H groups in total. The third kappa shape index (κ3) is 1.20. The maximum absolute atomic E-state index is 10.4.